The summed E-state index contributed by atoms with van der Waals surface area (Å²) in [5, 5.41) is 9.15. The number of imide groups is 1. The van der Waals surface area contributed by atoms with Gasteiger partial charge in [-0.15, -0.1) is 0 Å². The number of carbonyl (C=O) groups excluding carboxylic acids is 3. The van der Waals surface area contributed by atoms with E-state index in [9.17, 15) is 27.6 Å². The van der Waals surface area contributed by atoms with Crippen LogP contribution in [0.25, 0.3) is 0 Å². The van der Waals surface area contributed by atoms with Gasteiger partial charge < -0.3 is 10.0 Å². The summed E-state index contributed by atoms with van der Waals surface area (Å²) in [5.41, 5.74) is 1.08. The number of rotatable bonds is 5. The van der Waals surface area contributed by atoms with Gasteiger partial charge in [-0.1, -0.05) is 18.2 Å². The van der Waals surface area contributed by atoms with Crippen molar-refractivity contribution >= 4 is 39.4 Å². The number of fused-ring (bicyclic) bond motifs is 1. The van der Waals surface area contributed by atoms with E-state index >= 15 is 0 Å². The molecule has 5 rings (SSSR count). The van der Waals surface area contributed by atoms with Gasteiger partial charge in [0.25, 0.3) is 17.7 Å². The molecule has 1 saturated heterocycles. The summed E-state index contributed by atoms with van der Waals surface area (Å²) in [7, 11) is -3.89. The number of hydrogen-bond acceptors (Lipinski definition) is 6. The van der Waals surface area contributed by atoms with E-state index in [2.05, 4.69) is 0 Å². The second kappa shape index (κ2) is 9.26. The third kappa shape index (κ3) is 4.28. The number of anilines is 1. The number of carboxylic acids is 1. The molecule has 0 aromatic heterocycles. The van der Waals surface area contributed by atoms with Gasteiger partial charge in [-0.25, -0.2) is 18.1 Å². The average molecular weight is 520 g/mol. The Balaban J connectivity index is 1.27. The van der Waals surface area contributed by atoms with Gasteiger partial charge in [0.1, 0.15) is 0 Å². The number of benzene rings is 3. The standard InChI is InChI=1S/C26H21N3O7S/c30-23(17-4-3-5-18(16-17)26(33)34)27-12-14-28(15-13-27)37(35,36)20-10-8-19(9-11-20)29-24(31)21-6-1-2-7-22(21)25(29)32/h1-11,16H,12-15H2,(H,33,34). The molecule has 0 radical (unpaired) electrons. The smallest absolute Gasteiger partial charge is 0.335 e. The molecule has 1 N–H and O–H groups in total. The summed E-state index contributed by atoms with van der Waals surface area (Å²) in [6, 6.07) is 17.7. The highest BCUT2D eigenvalue weighted by molar-refractivity contribution is 7.89. The number of hydrogen-bond donors (Lipinski definition) is 1. The number of nitrogens with zero attached hydrogens (tertiary/aromatic N) is 3. The van der Waals surface area contributed by atoms with Crippen LogP contribution in [0.15, 0.2) is 77.7 Å². The molecule has 0 spiro atoms. The van der Waals surface area contributed by atoms with Crippen LogP contribution in [0.2, 0.25) is 0 Å². The Morgan fingerprint density at radius 3 is 1.86 bits per heavy atom. The van der Waals surface area contributed by atoms with Crippen molar-refractivity contribution < 1.29 is 32.7 Å². The fourth-order valence-corrected chi connectivity index (χ4v) is 5.86. The van der Waals surface area contributed by atoms with Gasteiger partial charge in [0, 0.05) is 31.7 Å². The third-order valence-electron chi connectivity index (χ3n) is 6.41. The largest absolute Gasteiger partial charge is 0.478 e. The Kier molecular flexibility index (Phi) is 6.10. The highest BCUT2D eigenvalue weighted by Crippen LogP contribution is 2.29. The Hall–Kier alpha value is -4.35. The molecule has 3 amide bonds. The number of carboxylic acid groups (broad SMARTS) is 1. The highest BCUT2D eigenvalue weighted by atomic mass is 32.2. The minimum atomic E-state index is -3.89. The maximum atomic E-state index is 13.2. The molecule has 1 fully saturated rings. The quantitative estimate of drug-likeness (QED) is 0.512. The van der Waals surface area contributed by atoms with Gasteiger partial charge in [0.05, 0.1) is 27.3 Å². The molecule has 2 aliphatic heterocycles. The van der Waals surface area contributed by atoms with Gasteiger partial charge in [-0.05, 0) is 54.6 Å². The van der Waals surface area contributed by atoms with Crippen LogP contribution in [0.5, 0.6) is 0 Å². The van der Waals surface area contributed by atoms with Crippen LogP contribution in [-0.2, 0) is 10.0 Å². The first-order chi connectivity index (χ1) is 17.7. The van der Waals surface area contributed by atoms with E-state index in [-0.39, 0.29) is 53.8 Å². The molecular weight excluding hydrogens is 498 g/mol. The van der Waals surface area contributed by atoms with E-state index < -0.39 is 27.8 Å². The predicted octanol–water partition coefficient (Wildman–Crippen LogP) is 2.33. The van der Waals surface area contributed by atoms with E-state index in [0.717, 1.165) is 4.90 Å². The maximum Gasteiger partial charge on any atom is 0.335 e. The van der Waals surface area contributed by atoms with Gasteiger partial charge in [0.2, 0.25) is 10.0 Å². The predicted molar refractivity (Wildman–Crippen MR) is 132 cm³/mol. The van der Waals surface area contributed by atoms with Crippen molar-refractivity contribution in [3.63, 3.8) is 0 Å². The third-order valence-corrected chi connectivity index (χ3v) is 8.32. The van der Waals surface area contributed by atoms with E-state index in [1.807, 2.05) is 0 Å². The summed E-state index contributed by atoms with van der Waals surface area (Å²) >= 11 is 0. The number of aromatic carboxylic acids is 1. The first kappa shape index (κ1) is 24.3. The van der Waals surface area contributed by atoms with Crippen molar-refractivity contribution in [2.45, 2.75) is 4.90 Å². The lowest BCUT2D eigenvalue weighted by molar-refractivity contribution is 0.0695. The van der Waals surface area contributed by atoms with Gasteiger partial charge >= 0.3 is 5.97 Å². The minimum absolute atomic E-state index is 0.00166. The highest BCUT2D eigenvalue weighted by Gasteiger charge is 2.37. The maximum absolute atomic E-state index is 13.2. The molecule has 0 aliphatic carbocycles. The molecule has 0 saturated carbocycles. The van der Waals surface area contributed by atoms with Crippen LogP contribution < -0.4 is 4.90 Å². The van der Waals surface area contributed by atoms with Crippen molar-refractivity contribution in [3.8, 4) is 0 Å². The topological polar surface area (TPSA) is 132 Å². The number of sulfonamides is 1. The zero-order valence-corrected chi connectivity index (χ0v) is 20.2. The summed E-state index contributed by atoms with van der Waals surface area (Å²) in [6.07, 6.45) is 0. The number of amides is 3. The second-order valence-electron chi connectivity index (χ2n) is 8.57. The normalized spacial score (nSPS) is 16.1. The zero-order chi connectivity index (χ0) is 26.3. The Morgan fingerprint density at radius 2 is 1.30 bits per heavy atom. The monoisotopic (exact) mass is 519 g/mol. The van der Waals surface area contributed by atoms with E-state index in [0.29, 0.717) is 11.1 Å². The van der Waals surface area contributed by atoms with E-state index in [1.54, 1.807) is 24.3 Å². The first-order valence-corrected chi connectivity index (χ1v) is 12.8. The SMILES string of the molecule is O=C(O)c1cccc(C(=O)N2CCN(S(=O)(=O)c3ccc(N4C(=O)c5ccccc5C4=O)cc3)CC2)c1. The van der Waals surface area contributed by atoms with Gasteiger partial charge in [-0.2, -0.15) is 4.31 Å². The van der Waals surface area contributed by atoms with Crippen LogP contribution in [0.3, 0.4) is 0 Å². The van der Waals surface area contributed by atoms with Crippen LogP contribution >= 0.6 is 0 Å². The lowest BCUT2D eigenvalue weighted by atomic mass is 10.1. The summed E-state index contributed by atoms with van der Waals surface area (Å²) in [6.45, 7) is 0.407. The first-order valence-electron chi connectivity index (χ1n) is 11.4. The Bertz CT molecular complexity index is 1510. The van der Waals surface area contributed by atoms with Crippen molar-refractivity contribution in [3.05, 3.63) is 95.1 Å². The lowest BCUT2D eigenvalue weighted by Crippen LogP contribution is -2.50. The fraction of sp³-hybridized carbons (Fsp3) is 0.154. The summed E-state index contributed by atoms with van der Waals surface area (Å²) in [4.78, 5) is 51.9. The van der Waals surface area contributed by atoms with Crippen molar-refractivity contribution in [1.29, 1.82) is 0 Å². The fourth-order valence-electron chi connectivity index (χ4n) is 4.44. The molecule has 0 unspecified atom stereocenters. The average Bonchev–Trinajstić information content (AvgIpc) is 3.18. The molecule has 2 aliphatic rings. The van der Waals surface area contributed by atoms with Crippen LogP contribution in [-0.4, -0.2) is 72.6 Å². The van der Waals surface area contributed by atoms with Gasteiger partial charge in [0.15, 0.2) is 0 Å². The lowest BCUT2D eigenvalue weighted by Gasteiger charge is -2.34. The minimum Gasteiger partial charge on any atom is -0.478 e. The summed E-state index contributed by atoms with van der Waals surface area (Å²) in [5.74, 6) is -2.44. The van der Waals surface area contributed by atoms with E-state index in [4.69, 9.17) is 5.11 Å². The van der Waals surface area contributed by atoms with Crippen molar-refractivity contribution in [1.82, 2.24) is 9.21 Å². The molecule has 37 heavy (non-hydrogen) atoms. The second-order valence-corrected chi connectivity index (χ2v) is 10.5. The molecule has 10 nitrogen and oxygen atoms in total. The van der Waals surface area contributed by atoms with Crippen LogP contribution in [0.4, 0.5) is 5.69 Å². The van der Waals surface area contributed by atoms with Gasteiger partial charge in [-0.3, -0.25) is 14.4 Å². The van der Waals surface area contributed by atoms with E-state index in [1.165, 1.54) is 57.7 Å². The zero-order valence-electron chi connectivity index (χ0n) is 19.4. The number of piperazine rings is 1. The van der Waals surface area contributed by atoms with Crippen molar-refractivity contribution in [2.75, 3.05) is 31.1 Å². The molecule has 2 heterocycles. The Labute approximate surface area is 212 Å². The molecule has 0 atom stereocenters. The molecule has 3 aromatic rings. The molecular formula is C26H21N3O7S. The molecule has 3 aromatic carbocycles. The molecule has 0 bridgehead atoms. The molecule has 188 valence electrons. The number of carbonyl (C=O) groups is 4. The van der Waals surface area contributed by atoms with Crippen molar-refractivity contribution in [2.24, 2.45) is 0 Å². The Morgan fingerprint density at radius 1 is 0.730 bits per heavy atom. The summed E-state index contributed by atoms with van der Waals surface area (Å²) < 4.78 is 27.7. The molecule has 11 heteroatoms. The van der Waals surface area contributed by atoms with Crippen LogP contribution in [0.1, 0.15) is 41.4 Å². The van der Waals surface area contributed by atoms with Crippen LogP contribution in [0, 0.1) is 0 Å².